The molecule has 0 aromatic heterocycles. The second-order valence-electron chi connectivity index (χ2n) is 18.6. The average molecular weight is 739 g/mol. The van der Waals surface area contributed by atoms with Crippen LogP contribution in [0.2, 0.25) is 0 Å². The molecule has 1 aromatic carbocycles. The van der Waals surface area contributed by atoms with Crippen LogP contribution < -0.4 is 0 Å². The van der Waals surface area contributed by atoms with Gasteiger partial charge in [-0.3, -0.25) is 4.79 Å². The van der Waals surface area contributed by atoms with Gasteiger partial charge < -0.3 is 50.3 Å². The van der Waals surface area contributed by atoms with Crippen molar-refractivity contribution in [3.05, 3.63) is 47.6 Å². The van der Waals surface area contributed by atoms with E-state index in [1.165, 1.54) is 12.1 Å². The Bertz CT molecular complexity index is 1710. The first-order chi connectivity index (χ1) is 25.0. The van der Waals surface area contributed by atoms with E-state index in [2.05, 4.69) is 19.1 Å². The smallest absolute Gasteiger partial charge is 0.160 e. The van der Waals surface area contributed by atoms with Crippen LogP contribution in [0.5, 0.6) is 11.5 Å². The van der Waals surface area contributed by atoms with Crippen LogP contribution in [-0.2, 0) is 14.3 Å². The van der Waals surface area contributed by atoms with Crippen LogP contribution in [-0.4, -0.2) is 108 Å². The van der Waals surface area contributed by atoms with Gasteiger partial charge in [0.05, 0.1) is 30.0 Å². The van der Waals surface area contributed by atoms with Gasteiger partial charge in [0.1, 0.15) is 11.2 Å². The lowest BCUT2D eigenvalue weighted by atomic mass is 9.43. The van der Waals surface area contributed by atoms with E-state index in [1.807, 2.05) is 20.8 Å². The third kappa shape index (κ3) is 4.71. The highest BCUT2D eigenvalue weighted by Gasteiger charge is 2.81. The standard InChI is InChI=1S/C42H58O11/c1-22-36(49)42(24-8-11-37(22,2)12-9-24)40(50,14-16-44)35-31(53-42)21-41(51)26-19-29(47)33-32(23-6-7-27(45)28(46)18-23)34(48)30(52-17-5-15-43)20-38(33,3)25(26)10-13-39(35,41)4/h6-8,11,18-19,22,24-25,30-36,43-46,48-51H,5,9-10,12-17,20-21H2,1-4H3/t22-,24-,25+,30-,31-,32-,33-,34-,35+,36-,37-,38+,39+,40+,41-,42-/m0/s1. The zero-order valence-electron chi connectivity index (χ0n) is 31.3. The van der Waals surface area contributed by atoms with Gasteiger partial charge in [-0.25, -0.2) is 0 Å². The molecule has 1 aliphatic heterocycles. The Balaban J connectivity index is 1.22. The monoisotopic (exact) mass is 738 g/mol. The molecule has 0 radical (unpaired) electrons. The highest BCUT2D eigenvalue weighted by Crippen LogP contribution is 2.75. The number of allylic oxidation sites excluding steroid dienone is 2. The first kappa shape index (κ1) is 37.6. The summed E-state index contributed by atoms with van der Waals surface area (Å²) in [6.45, 7) is 7.93. The number of aromatic hydroxyl groups is 2. The number of carbonyl (C=O) groups is 1. The molecule has 0 amide bonds. The van der Waals surface area contributed by atoms with Crippen molar-refractivity contribution in [3.8, 4) is 11.5 Å². The van der Waals surface area contributed by atoms with E-state index >= 15 is 0 Å². The maximum absolute atomic E-state index is 14.7. The van der Waals surface area contributed by atoms with Gasteiger partial charge >= 0.3 is 0 Å². The first-order valence-corrected chi connectivity index (χ1v) is 19.8. The summed E-state index contributed by atoms with van der Waals surface area (Å²) in [6.07, 6.45) is 5.65. The summed E-state index contributed by atoms with van der Waals surface area (Å²) < 4.78 is 13.3. The molecule has 16 atom stereocenters. The second kappa shape index (κ2) is 12.3. The lowest BCUT2D eigenvalue weighted by Gasteiger charge is -2.62. The molecular formula is C42H58O11. The number of ether oxygens (including phenoxy) is 2. The molecule has 1 heterocycles. The molecule has 292 valence electrons. The fourth-order valence-corrected chi connectivity index (χ4v) is 13.6. The highest BCUT2D eigenvalue weighted by molar-refractivity contribution is 5.96. The molecule has 1 aromatic rings. The lowest BCUT2D eigenvalue weighted by Crippen LogP contribution is -2.69. The number of ketones is 1. The number of benzene rings is 1. The molecule has 2 bridgehead atoms. The van der Waals surface area contributed by atoms with Crippen LogP contribution in [0.15, 0.2) is 42.0 Å². The van der Waals surface area contributed by atoms with Gasteiger partial charge in [0.25, 0.3) is 0 Å². The Hall–Kier alpha value is -2.35. The predicted molar refractivity (Wildman–Crippen MR) is 193 cm³/mol. The average Bonchev–Trinajstić information content (AvgIpc) is 3.45. The van der Waals surface area contributed by atoms with Crippen molar-refractivity contribution in [1.82, 2.24) is 0 Å². The van der Waals surface area contributed by atoms with Gasteiger partial charge in [-0.1, -0.05) is 45.9 Å². The van der Waals surface area contributed by atoms with E-state index in [0.29, 0.717) is 36.8 Å². The van der Waals surface area contributed by atoms with E-state index in [1.54, 1.807) is 12.1 Å². The summed E-state index contributed by atoms with van der Waals surface area (Å²) in [5.74, 6) is -3.94. The Morgan fingerprint density at radius 2 is 1.74 bits per heavy atom. The zero-order valence-corrected chi connectivity index (χ0v) is 31.3. The van der Waals surface area contributed by atoms with Gasteiger partial charge in [-0.05, 0) is 90.5 Å². The van der Waals surface area contributed by atoms with Crippen molar-refractivity contribution in [3.63, 3.8) is 0 Å². The van der Waals surface area contributed by atoms with E-state index in [0.717, 1.165) is 12.8 Å². The number of phenols is 2. The van der Waals surface area contributed by atoms with Crippen LogP contribution in [0, 0.1) is 45.8 Å². The van der Waals surface area contributed by atoms with Crippen molar-refractivity contribution in [1.29, 1.82) is 0 Å². The number of hydrogen-bond acceptors (Lipinski definition) is 11. The van der Waals surface area contributed by atoms with Crippen molar-refractivity contribution in [2.45, 2.75) is 126 Å². The van der Waals surface area contributed by atoms with E-state index in [9.17, 15) is 45.6 Å². The molecule has 7 aliphatic carbocycles. The summed E-state index contributed by atoms with van der Waals surface area (Å²) in [4.78, 5) is 14.7. The molecule has 5 fully saturated rings. The fourth-order valence-electron chi connectivity index (χ4n) is 13.6. The van der Waals surface area contributed by atoms with Gasteiger partial charge in [0.15, 0.2) is 17.3 Å². The minimum Gasteiger partial charge on any atom is -0.504 e. The highest BCUT2D eigenvalue weighted by atomic mass is 16.6. The Kier molecular flexibility index (Phi) is 8.74. The summed E-state index contributed by atoms with van der Waals surface area (Å²) in [5, 5.41) is 91.3. The molecule has 0 unspecified atom stereocenters. The van der Waals surface area contributed by atoms with Gasteiger partial charge in [-0.15, -0.1) is 0 Å². The zero-order chi connectivity index (χ0) is 38.1. The minimum atomic E-state index is -1.69. The summed E-state index contributed by atoms with van der Waals surface area (Å²) in [7, 11) is 0. The van der Waals surface area contributed by atoms with Crippen LogP contribution in [0.25, 0.3) is 0 Å². The largest absolute Gasteiger partial charge is 0.504 e. The van der Waals surface area contributed by atoms with Crippen LogP contribution in [0.1, 0.15) is 90.5 Å². The maximum Gasteiger partial charge on any atom is 0.160 e. The Morgan fingerprint density at radius 1 is 0.981 bits per heavy atom. The summed E-state index contributed by atoms with van der Waals surface area (Å²) >= 11 is 0. The summed E-state index contributed by atoms with van der Waals surface area (Å²) in [5.41, 5.74) is -5.61. The van der Waals surface area contributed by atoms with Crippen LogP contribution in [0.4, 0.5) is 0 Å². The molecule has 53 heavy (non-hydrogen) atoms. The van der Waals surface area contributed by atoms with E-state index < -0.39 is 69.8 Å². The number of carbonyl (C=O) groups excluding carboxylic acids is 1. The van der Waals surface area contributed by atoms with Gasteiger partial charge in [0, 0.05) is 61.7 Å². The molecule has 1 spiro atoms. The quantitative estimate of drug-likeness (QED) is 0.116. The molecule has 8 aliphatic rings. The van der Waals surface area contributed by atoms with Crippen LogP contribution in [0.3, 0.4) is 0 Å². The molecule has 8 N–H and O–H groups in total. The van der Waals surface area contributed by atoms with Crippen LogP contribution >= 0.6 is 0 Å². The maximum atomic E-state index is 14.7. The normalized spacial score (nSPS) is 51.1. The Labute approximate surface area is 311 Å². The number of rotatable bonds is 7. The number of hydrogen-bond donors (Lipinski definition) is 8. The molecule has 1 saturated heterocycles. The minimum absolute atomic E-state index is 0.0300. The fraction of sp³-hybridized carbons (Fsp3) is 0.738. The van der Waals surface area contributed by atoms with Crippen molar-refractivity contribution < 1.29 is 55.1 Å². The predicted octanol–water partition coefficient (Wildman–Crippen LogP) is 3.25. The van der Waals surface area contributed by atoms with E-state index in [4.69, 9.17) is 9.47 Å². The molecule has 11 heteroatoms. The molecular weight excluding hydrogens is 680 g/mol. The molecule has 9 rings (SSSR count). The number of fused-ring (bicyclic) bond motifs is 9. The first-order valence-electron chi connectivity index (χ1n) is 19.8. The Morgan fingerprint density at radius 3 is 2.40 bits per heavy atom. The number of aliphatic hydroxyl groups excluding tert-OH is 4. The van der Waals surface area contributed by atoms with Crippen molar-refractivity contribution in [2.24, 2.45) is 45.8 Å². The second-order valence-corrected chi connectivity index (χ2v) is 18.6. The number of aliphatic hydroxyl groups is 6. The third-order valence-electron chi connectivity index (χ3n) is 16.4. The van der Waals surface area contributed by atoms with Crippen molar-refractivity contribution in [2.75, 3.05) is 19.8 Å². The van der Waals surface area contributed by atoms with Crippen molar-refractivity contribution >= 4 is 5.78 Å². The topological polar surface area (TPSA) is 197 Å². The van der Waals surface area contributed by atoms with E-state index in [-0.39, 0.29) is 73.1 Å². The number of phenolic OH excluding ortho intramolecular Hbond substituents is 2. The third-order valence-corrected chi connectivity index (χ3v) is 16.4. The summed E-state index contributed by atoms with van der Waals surface area (Å²) in [6, 6.07) is 4.34. The van der Waals surface area contributed by atoms with Gasteiger partial charge in [-0.2, -0.15) is 0 Å². The molecule has 4 saturated carbocycles. The molecule has 11 nitrogen and oxygen atoms in total. The van der Waals surface area contributed by atoms with Gasteiger partial charge in [0.2, 0.25) is 0 Å². The lowest BCUT2D eigenvalue weighted by molar-refractivity contribution is -0.244. The SMILES string of the molecule is C[C@H]1[C@H](O)[C@@]2(O[C@H]3C[C@]4(O)C5=CC(=O)[C@H]6[C@H](c7ccc(O)c(O)c7)[C@@H](O)[C@@H](OCCCO)C[C@]6(C)[C@@H]5CC[C@]4(C)[C@@H]3[C@]2(O)CCO)[C@H]2C=C[C@@]1(C)CC2.